The van der Waals surface area contributed by atoms with Crippen LogP contribution in [0.4, 0.5) is 5.69 Å². The van der Waals surface area contributed by atoms with E-state index >= 15 is 0 Å². The van der Waals surface area contributed by atoms with Gasteiger partial charge in [-0.1, -0.05) is 48.5 Å². The first-order valence-electron chi connectivity index (χ1n) is 19.0. The molecule has 0 bridgehead atoms. The van der Waals surface area contributed by atoms with Crippen LogP contribution in [0.3, 0.4) is 0 Å². The predicted octanol–water partition coefficient (Wildman–Crippen LogP) is 8.14. The molecule has 13 nitrogen and oxygen atoms in total. The van der Waals surface area contributed by atoms with Gasteiger partial charge in [0.25, 0.3) is 0 Å². The van der Waals surface area contributed by atoms with E-state index in [0.717, 1.165) is 22.0 Å². The van der Waals surface area contributed by atoms with Crippen molar-refractivity contribution in [2.45, 2.75) is 51.2 Å². The second-order valence-corrected chi connectivity index (χ2v) is 23.2. The number of para-hydroxylation sites is 1. The lowest BCUT2D eigenvalue weighted by atomic mass is 10.0. The van der Waals surface area contributed by atoms with E-state index in [1.807, 2.05) is 30.3 Å². The molecular weight excluding hydrogens is 954 g/mol. The van der Waals surface area contributed by atoms with Crippen LogP contribution in [0, 0.1) is 0 Å². The van der Waals surface area contributed by atoms with E-state index in [1.54, 1.807) is 89.5 Å². The number of thiazole rings is 3. The summed E-state index contributed by atoms with van der Waals surface area (Å²) in [5.41, 5.74) is 9.27. The molecule has 0 unspecified atom stereocenters. The molecule has 4 heterocycles. The molecule has 2 N–H and O–H groups in total. The molecule has 0 spiro atoms. The molecule has 4 aromatic carbocycles. The number of hydrogen-bond acceptors (Lipinski definition) is 16. The van der Waals surface area contributed by atoms with Crippen LogP contribution in [0.1, 0.15) is 31.7 Å². The first kappa shape index (κ1) is 47.9. The molecule has 330 valence electrons. The van der Waals surface area contributed by atoms with E-state index in [4.69, 9.17) is 17.3 Å². The highest BCUT2D eigenvalue weighted by molar-refractivity contribution is 7.91. The molecule has 0 radical (unpaired) electrons. The molecule has 0 atom stereocenters. The topological polar surface area (TPSA) is 214 Å². The number of aromatic nitrogens is 4. The van der Waals surface area contributed by atoms with E-state index in [2.05, 4.69) is 19.9 Å². The number of hydrogen-bond donors (Lipinski definition) is 1. The molecule has 0 fully saturated rings. The summed E-state index contributed by atoms with van der Waals surface area (Å²) in [5.74, 6) is -0.231. The third kappa shape index (κ3) is 14.0. The van der Waals surface area contributed by atoms with Gasteiger partial charge in [0.15, 0.2) is 29.5 Å². The first-order valence-corrected chi connectivity index (χ1v) is 26.9. The molecule has 0 aliphatic heterocycles. The van der Waals surface area contributed by atoms with Gasteiger partial charge in [-0.2, -0.15) is 0 Å². The van der Waals surface area contributed by atoms with Gasteiger partial charge in [-0.25, -0.2) is 40.2 Å². The van der Waals surface area contributed by atoms with Crippen molar-refractivity contribution in [1.82, 2.24) is 19.9 Å². The van der Waals surface area contributed by atoms with Crippen LogP contribution >= 0.6 is 45.6 Å². The number of rotatable bonds is 15. The quantitative estimate of drug-likeness (QED) is 0.0759. The average Bonchev–Trinajstić information content (AvgIpc) is 4.08. The maximum absolute atomic E-state index is 12.6. The fraction of sp³-hybridized carbons (Fsp3) is 0.136. The smallest absolute Gasteiger partial charge is 0.226 e. The molecular formula is C44H38ClN5O8S6. The second-order valence-electron chi connectivity index (χ2n) is 13.8. The molecule has 8 aromatic rings. The fourth-order valence-electron chi connectivity index (χ4n) is 5.99. The number of carbonyl (C=O) groups excluding carboxylic acids is 2. The van der Waals surface area contributed by atoms with Crippen molar-refractivity contribution < 1.29 is 34.8 Å². The van der Waals surface area contributed by atoms with E-state index in [9.17, 15) is 34.8 Å². The first-order chi connectivity index (χ1) is 30.6. The van der Waals surface area contributed by atoms with Gasteiger partial charge in [0.05, 0.1) is 20.2 Å². The van der Waals surface area contributed by atoms with Gasteiger partial charge in [-0.05, 0) is 82.9 Å². The number of fused-ring (bicyclic) bond motifs is 1. The maximum Gasteiger partial charge on any atom is 0.226 e. The lowest BCUT2D eigenvalue weighted by molar-refractivity contribution is -0.117. The van der Waals surface area contributed by atoms with Crippen molar-refractivity contribution in [2.75, 3.05) is 5.73 Å². The second kappa shape index (κ2) is 21.9. The van der Waals surface area contributed by atoms with Crippen LogP contribution in [0.25, 0.3) is 10.9 Å². The summed E-state index contributed by atoms with van der Waals surface area (Å²) >= 11 is 9.23. The van der Waals surface area contributed by atoms with Crippen molar-refractivity contribution in [2.24, 2.45) is 0 Å². The highest BCUT2D eigenvalue weighted by atomic mass is 35.5. The lowest BCUT2D eigenvalue weighted by Gasteiger charge is -2.07. The standard InChI is InChI=1S/C22H18N2O3S2.C12H10ClNO3S2.C10H10N2O2S2/c25-19(14-18-4-1-3-17-5-2-10-24-22(17)18)13-16-6-8-20(9-7-16)29(26,27)15-21-23-11-12-28-21;13-11(15)7-9-1-3-10(4-2-9)19(16,17)8-12-14-5-6-18-12;11-8-1-3-9(4-2-8)16(13,14)7-10-12-5-6-15-10/h1-12H,13-15H2;1-6H,7-8H2;1-6H,7,11H2. The van der Waals surface area contributed by atoms with Crippen molar-refractivity contribution >= 4 is 103 Å². The fourth-order valence-corrected chi connectivity index (χ4v) is 12.9. The van der Waals surface area contributed by atoms with Crippen LogP contribution in [-0.4, -0.2) is 56.2 Å². The van der Waals surface area contributed by atoms with Crippen molar-refractivity contribution in [3.8, 4) is 0 Å². The van der Waals surface area contributed by atoms with Crippen LogP contribution < -0.4 is 5.73 Å². The summed E-state index contributed by atoms with van der Waals surface area (Å²) in [7, 11) is -10.2. The predicted molar refractivity (Wildman–Crippen MR) is 251 cm³/mol. The summed E-state index contributed by atoms with van der Waals surface area (Å²) in [5, 5.41) is 7.49. The highest BCUT2D eigenvalue weighted by Crippen LogP contribution is 2.22. The van der Waals surface area contributed by atoms with Gasteiger partial charge in [-0.3, -0.25) is 14.6 Å². The SMILES string of the molecule is Nc1ccc(S(=O)(=O)Cc2nccs2)cc1.O=C(Cc1ccc(S(=O)(=O)Cc2nccs2)cc1)Cc1cccc2cccnc12.O=C(Cl)Cc1ccc(S(=O)(=O)Cc2nccs2)cc1. The molecule has 0 aliphatic rings. The minimum Gasteiger partial charge on any atom is -0.399 e. The Balaban J connectivity index is 0.000000169. The average molecular weight is 993 g/mol. The Labute approximate surface area is 387 Å². The number of Topliss-reactive ketones (excluding diaryl/α,β-unsaturated/α-hetero) is 1. The Morgan fingerprint density at radius 1 is 0.500 bits per heavy atom. The number of nitrogens with two attached hydrogens (primary N) is 1. The number of ketones is 1. The summed E-state index contributed by atoms with van der Waals surface area (Å²) in [6.45, 7) is 0. The third-order valence-corrected chi connectivity index (χ3v) is 17.0. The number of halogens is 1. The summed E-state index contributed by atoms with van der Waals surface area (Å²) in [6.07, 6.45) is 7.11. The van der Waals surface area contributed by atoms with Crippen molar-refractivity contribution in [3.05, 3.63) is 176 Å². The molecule has 8 rings (SSSR count). The Bertz CT molecular complexity index is 3130. The largest absolute Gasteiger partial charge is 0.399 e. The highest BCUT2D eigenvalue weighted by Gasteiger charge is 2.19. The Hall–Kier alpha value is -5.54. The number of nitrogens with zero attached hydrogens (tertiary/aromatic N) is 4. The minimum atomic E-state index is -3.45. The number of anilines is 1. The zero-order valence-electron chi connectivity index (χ0n) is 33.6. The van der Waals surface area contributed by atoms with Crippen molar-refractivity contribution in [3.63, 3.8) is 0 Å². The summed E-state index contributed by atoms with van der Waals surface area (Å²) in [4.78, 5) is 40.4. The van der Waals surface area contributed by atoms with Gasteiger partial charge in [0.2, 0.25) is 5.24 Å². The van der Waals surface area contributed by atoms with Gasteiger partial charge < -0.3 is 5.73 Å². The number of carbonyl (C=O) groups is 2. The maximum atomic E-state index is 12.6. The Kier molecular flexibility index (Phi) is 16.4. The summed E-state index contributed by atoms with van der Waals surface area (Å²) in [6, 6.07) is 28.5. The molecule has 64 heavy (non-hydrogen) atoms. The molecule has 0 saturated heterocycles. The Morgan fingerprint density at radius 3 is 1.34 bits per heavy atom. The third-order valence-electron chi connectivity index (χ3n) is 9.04. The molecule has 0 saturated carbocycles. The minimum absolute atomic E-state index is 0.0570. The van der Waals surface area contributed by atoms with Crippen LogP contribution in [0.15, 0.2) is 159 Å². The number of sulfone groups is 3. The van der Waals surface area contributed by atoms with Crippen molar-refractivity contribution in [1.29, 1.82) is 0 Å². The molecule has 0 amide bonds. The zero-order chi connectivity index (χ0) is 45.7. The van der Waals surface area contributed by atoms with Gasteiger partial charge in [0, 0.05) is 71.3 Å². The number of pyridine rings is 1. The Morgan fingerprint density at radius 2 is 0.922 bits per heavy atom. The molecule has 4 aromatic heterocycles. The van der Waals surface area contributed by atoms with Gasteiger partial charge in [0.1, 0.15) is 38.1 Å². The van der Waals surface area contributed by atoms with Crippen LogP contribution in [0.2, 0.25) is 0 Å². The number of benzene rings is 4. The molecule has 0 aliphatic carbocycles. The monoisotopic (exact) mass is 991 g/mol. The van der Waals surface area contributed by atoms with E-state index in [-0.39, 0.29) is 50.6 Å². The van der Waals surface area contributed by atoms with E-state index in [1.165, 1.54) is 58.3 Å². The lowest BCUT2D eigenvalue weighted by Crippen LogP contribution is -2.08. The summed E-state index contributed by atoms with van der Waals surface area (Å²) < 4.78 is 73.1. The van der Waals surface area contributed by atoms with E-state index in [0.29, 0.717) is 32.7 Å². The van der Waals surface area contributed by atoms with Gasteiger partial charge in [-0.15, -0.1) is 34.0 Å². The van der Waals surface area contributed by atoms with Crippen LogP contribution in [-0.2, 0) is 75.6 Å². The zero-order valence-corrected chi connectivity index (χ0v) is 39.2. The van der Waals surface area contributed by atoms with Gasteiger partial charge >= 0.3 is 0 Å². The molecule has 20 heteroatoms. The van der Waals surface area contributed by atoms with E-state index < -0.39 is 34.8 Å². The number of nitrogen functional groups attached to an aromatic ring is 1. The van der Waals surface area contributed by atoms with Crippen LogP contribution in [0.5, 0.6) is 0 Å². The normalized spacial score (nSPS) is 11.5.